The quantitative estimate of drug-likeness (QED) is 0.648. The molecule has 2 amide bonds. The Morgan fingerprint density at radius 3 is 2.68 bits per heavy atom. The average Bonchev–Trinajstić information content (AvgIpc) is 3.39. The first-order valence-corrected chi connectivity index (χ1v) is 10.7. The minimum atomic E-state index is -0.166. The molecule has 8 nitrogen and oxygen atoms in total. The van der Waals surface area contributed by atoms with Gasteiger partial charge in [0.05, 0.1) is 23.1 Å². The number of benzene rings is 1. The van der Waals surface area contributed by atoms with Gasteiger partial charge in [0.2, 0.25) is 5.91 Å². The van der Waals surface area contributed by atoms with Crippen molar-refractivity contribution in [1.82, 2.24) is 19.8 Å². The predicted octanol–water partition coefficient (Wildman–Crippen LogP) is 3.88. The molecule has 0 bridgehead atoms. The molecule has 3 aromatic rings. The number of carbonyl (C=O) groups is 2. The smallest absolute Gasteiger partial charge is 0.257 e. The van der Waals surface area contributed by atoms with Crippen molar-refractivity contribution < 1.29 is 14.1 Å². The molecule has 2 aromatic heterocycles. The summed E-state index contributed by atoms with van der Waals surface area (Å²) in [5, 5.41) is 11.6. The molecule has 1 aliphatic rings. The van der Waals surface area contributed by atoms with E-state index in [1.165, 1.54) is 0 Å². The topological polar surface area (TPSA) is 93.3 Å². The number of likely N-dealkylation sites (tertiary alicyclic amines) is 1. The highest BCUT2D eigenvalue weighted by Gasteiger charge is 2.30. The Balaban J connectivity index is 1.42. The van der Waals surface area contributed by atoms with E-state index in [1.54, 1.807) is 34.8 Å². The molecule has 1 saturated heterocycles. The van der Waals surface area contributed by atoms with E-state index in [-0.39, 0.29) is 17.7 Å². The molecule has 1 N–H and O–H groups in total. The minimum absolute atomic E-state index is 0.0592. The number of aryl methyl sites for hydroxylation is 1. The molecule has 9 heteroatoms. The molecule has 4 rings (SSSR count). The number of rotatable bonds is 5. The predicted molar refractivity (Wildman–Crippen MR) is 116 cm³/mol. The molecular formula is C22H24ClN5O3. The Hall–Kier alpha value is -3.13. The molecule has 1 aliphatic heterocycles. The van der Waals surface area contributed by atoms with Crippen LogP contribution in [0, 0.1) is 12.8 Å². The van der Waals surface area contributed by atoms with Crippen molar-refractivity contribution in [2.24, 2.45) is 5.92 Å². The van der Waals surface area contributed by atoms with Crippen molar-refractivity contribution in [2.75, 3.05) is 18.4 Å². The van der Waals surface area contributed by atoms with Gasteiger partial charge in [-0.2, -0.15) is 5.10 Å². The van der Waals surface area contributed by atoms with Gasteiger partial charge < -0.3 is 14.7 Å². The number of hydrogen-bond donors (Lipinski definition) is 1. The van der Waals surface area contributed by atoms with Gasteiger partial charge in [-0.3, -0.25) is 9.59 Å². The summed E-state index contributed by atoms with van der Waals surface area (Å²) in [5.41, 5.74) is 2.25. The molecule has 0 radical (unpaired) electrons. The van der Waals surface area contributed by atoms with E-state index in [1.807, 2.05) is 25.1 Å². The van der Waals surface area contributed by atoms with Gasteiger partial charge in [-0.25, -0.2) is 4.68 Å². The lowest BCUT2D eigenvalue weighted by Gasteiger charge is -2.31. The van der Waals surface area contributed by atoms with E-state index >= 15 is 0 Å². The van der Waals surface area contributed by atoms with E-state index < -0.39 is 0 Å². The third-order valence-electron chi connectivity index (χ3n) is 5.52. The zero-order chi connectivity index (χ0) is 22.0. The summed E-state index contributed by atoms with van der Waals surface area (Å²) in [6, 6.07) is 9.07. The van der Waals surface area contributed by atoms with Crippen LogP contribution < -0.4 is 5.32 Å². The summed E-state index contributed by atoms with van der Waals surface area (Å²) in [5.74, 6) is 0.739. The standard InChI is InChI=1S/C22H24ClN5O3/c1-3-19-18(13-24-28(19)17-6-4-5-16(23)12-17)22(30)27-9-7-15(8-10-27)21(29)25-20-11-14(2)31-26-20/h4-6,11-13,15H,3,7-10H2,1-2H3,(H,25,26,29). The molecule has 3 heterocycles. The fourth-order valence-corrected chi connectivity index (χ4v) is 4.08. The first-order valence-electron chi connectivity index (χ1n) is 10.3. The van der Waals surface area contributed by atoms with Crippen LogP contribution >= 0.6 is 11.6 Å². The van der Waals surface area contributed by atoms with Crippen LogP contribution in [0.25, 0.3) is 5.69 Å². The maximum atomic E-state index is 13.2. The second-order valence-electron chi connectivity index (χ2n) is 7.63. The van der Waals surface area contributed by atoms with Crippen LogP contribution in [0.5, 0.6) is 0 Å². The average molecular weight is 442 g/mol. The maximum Gasteiger partial charge on any atom is 0.257 e. The Morgan fingerprint density at radius 1 is 1.26 bits per heavy atom. The highest BCUT2D eigenvalue weighted by Crippen LogP contribution is 2.24. The van der Waals surface area contributed by atoms with E-state index in [9.17, 15) is 9.59 Å². The summed E-state index contributed by atoms with van der Waals surface area (Å²) < 4.78 is 6.74. The van der Waals surface area contributed by atoms with E-state index in [0.717, 1.165) is 11.4 Å². The third-order valence-corrected chi connectivity index (χ3v) is 5.75. The van der Waals surface area contributed by atoms with E-state index in [0.29, 0.717) is 54.5 Å². The van der Waals surface area contributed by atoms with Gasteiger partial charge in [0.15, 0.2) is 5.82 Å². The van der Waals surface area contributed by atoms with Crippen molar-refractivity contribution in [2.45, 2.75) is 33.1 Å². The van der Waals surface area contributed by atoms with Crippen molar-refractivity contribution in [3.63, 3.8) is 0 Å². The van der Waals surface area contributed by atoms with Gasteiger partial charge in [-0.1, -0.05) is 29.7 Å². The summed E-state index contributed by atoms with van der Waals surface area (Å²) in [4.78, 5) is 27.5. The molecule has 162 valence electrons. The first-order chi connectivity index (χ1) is 15.0. The first kappa shape index (κ1) is 21.1. The summed E-state index contributed by atoms with van der Waals surface area (Å²) in [6.45, 7) is 4.80. The van der Waals surface area contributed by atoms with Crippen LogP contribution in [0.2, 0.25) is 5.02 Å². The molecule has 1 fully saturated rings. The lowest BCUT2D eigenvalue weighted by Crippen LogP contribution is -2.41. The highest BCUT2D eigenvalue weighted by atomic mass is 35.5. The molecule has 0 unspecified atom stereocenters. The van der Waals surface area contributed by atoms with Crippen molar-refractivity contribution in [3.8, 4) is 5.69 Å². The fraction of sp³-hybridized carbons (Fsp3) is 0.364. The van der Waals surface area contributed by atoms with Crippen molar-refractivity contribution >= 4 is 29.2 Å². The van der Waals surface area contributed by atoms with Crippen LogP contribution in [0.1, 0.15) is 41.6 Å². The van der Waals surface area contributed by atoms with Crippen LogP contribution in [-0.2, 0) is 11.2 Å². The number of amides is 2. The largest absolute Gasteiger partial charge is 0.360 e. The van der Waals surface area contributed by atoms with Gasteiger partial charge in [0, 0.05) is 30.1 Å². The van der Waals surface area contributed by atoms with Crippen LogP contribution in [0.4, 0.5) is 5.82 Å². The zero-order valence-corrected chi connectivity index (χ0v) is 18.2. The monoisotopic (exact) mass is 441 g/mol. The number of aromatic nitrogens is 3. The van der Waals surface area contributed by atoms with Crippen molar-refractivity contribution in [1.29, 1.82) is 0 Å². The molecular weight excluding hydrogens is 418 g/mol. The molecule has 0 spiro atoms. The lowest BCUT2D eigenvalue weighted by molar-refractivity contribution is -0.121. The lowest BCUT2D eigenvalue weighted by atomic mass is 9.95. The van der Waals surface area contributed by atoms with Crippen LogP contribution in [-0.4, -0.2) is 44.7 Å². The number of hydrogen-bond acceptors (Lipinski definition) is 5. The van der Waals surface area contributed by atoms with Crippen LogP contribution in [0.3, 0.4) is 0 Å². The fourth-order valence-electron chi connectivity index (χ4n) is 3.89. The number of piperidine rings is 1. The Morgan fingerprint density at radius 2 is 2.03 bits per heavy atom. The second kappa shape index (κ2) is 8.93. The number of nitrogens with zero attached hydrogens (tertiary/aromatic N) is 4. The van der Waals surface area contributed by atoms with Gasteiger partial charge in [-0.15, -0.1) is 0 Å². The summed E-state index contributed by atoms with van der Waals surface area (Å²) >= 11 is 6.11. The number of anilines is 1. The second-order valence-corrected chi connectivity index (χ2v) is 8.07. The SMILES string of the molecule is CCc1c(C(=O)N2CCC(C(=O)Nc3cc(C)on3)CC2)cnn1-c1cccc(Cl)c1. The van der Waals surface area contributed by atoms with Crippen molar-refractivity contribution in [3.05, 3.63) is 58.6 Å². The van der Waals surface area contributed by atoms with Gasteiger partial charge in [0.25, 0.3) is 5.91 Å². The van der Waals surface area contributed by atoms with Gasteiger partial charge >= 0.3 is 0 Å². The molecule has 0 aliphatic carbocycles. The number of halogens is 1. The normalized spacial score (nSPS) is 14.6. The summed E-state index contributed by atoms with van der Waals surface area (Å²) in [7, 11) is 0. The summed E-state index contributed by atoms with van der Waals surface area (Å²) in [6.07, 6.45) is 3.47. The van der Waals surface area contributed by atoms with Crippen LogP contribution in [0.15, 0.2) is 41.1 Å². The maximum absolute atomic E-state index is 13.2. The van der Waals surface area contributed by atoms with E-state index in [2.05, 4.69) is 15.6 Å². The molecule has 1 aromatic carbocycles. The number of carbonyl (C=O) groups excluding carboxylic acids is 2. The van der Waals surface area contributed by atoms with Gasteiger partial charge in [0.1, 0.15) is 5.76 Å². The molecule has 0 atom stereocenters. The Bertz CT molecular complexity index is 1100. The molecule has 0 saturated carbocycles. The Kier molecular flexibility index (Phi) is 6.08. The van der Waals surface area contributed by atoms with Gasteiger partial charge in [-0.05, 0) is 44.4 Å². The molecule has 31 heavy (non-hydrogen) atoms. The van der Waals surface area contributed by atoms with E-state index in [4.69, 9.17) is 16.1 Å². The number of nitrogens with one attached hydrogen (secondary N) is 1. The minimum Gasteiger partial charge on any atom is -0.360 e. The zero-order valence-electron chi connectivity index (χ0n) is 17.5. The Labute approximate surface area is 185 Å². The third kappa shape index (κ3) is 4.49. The highest BCUT2D eigenvalue weighted by molar-refractivity contribution is 6.30.